The molecule has 0 unspecified atom stereocenters. The molecule has 2 aliphatic heterocycles. The van der Waals surface area contributed by atoms with E-state index in [0.29, 0.717) is 29.1 Å². The van der Waals surface area contributed by atoms with Gasteiger partial charge < -0.3 is 19.9 Å². The minimum absolute atomic E-state index is 0.178. The predicted molar refractivity (Wildman–Crippen MR) is 131 cm³/mol. The summed E-state index contributed by atoms with van der Waals surface area (Å²) in [5.74, 6) is 0.319. The maximum Gasteiger partial charge on any atom is 0.278 e. The number of nitrogens with one attached hydrogen (secondary N) is 1. The average Bonchev–Trinajstić information content (AvgIpc) is 3.04. The maximum absolute atomic E-state index is 13.3. The first kappa shape index (κ1) is 22.9. The molecule has 0 aliphatic carbocycles. The number of benzene rings is 2. The number of piperazine rings is 1. The summed E-state index contributed by atoms with van der Waals surface area (Å²) < 4.78 is 5.24. The van der Waals surface area contributed by atoms with Crippen LogP contribution in [0.4, 0.5) is 11.4 Å². The van der Waals surface area contributed by atoms with Crippen molar-refractivity contribution in [1.82, 2.24) is 9.80 Å². The Morgan fingerprint density at radius 3 is 2.12 bits per heavy atom. The molecule has 7 heteroatoms. The molecule has 33 heavy (non-hydrogen) atoms. The van der Waals surface area contributed by atoms with Crippen LogP contribution in [0.25, 0.3) is 5.57 Å². The number of anilines is 2. The van der Waals surface area contributed by atoms with E-state index in [4.69, 9.17) is 4.74 Å². The van der Waals surface area contributed by atoms with Crippen molar-refractivity contribution in [2.24, 2.45) is 5.92 Å². The lowest BCUT2D eigenvalue weighted by atomic mass is 10.0. The lowest BCUT2D eigenvalue weighted by molar-refractivity contribution is -0.137. The fourth-order valence-electron chi connectivity index (χ4n) is 4.21. The molecule has 0 aromatic heterocycles. The number of carbonyl (C=O) groups excluding carboxylic acids is 2. The zero-order chi connectivity index (χ0) is 23.5. The third-order valence-corrected chi connectivity index (χ3v) is 6.10. The van der Waals surface area contributed by atoms with E-state index in [1.54, 1.807) is 19.2 Å². The van der Waals surface area contributed by atoms with E-state index in [1.807, 2.05) is 38.1 Å². The Labute approximate surface area is 195 Å². The van der Waals surface area contributed by atoms with Crippen molar-refractivity contribution >= 4 is 28.8 Å². The number of nitrogens with zero attached hydrogens (tertiary/aromatic N) is 3. The molecule has 0 saturated carbocycles. The molecule has 2 aromatic carbocycles. The first-order chi connectivity index (χ1) is 15.9. The number of amides is 2. The first-order valence-electron chi connectivity index (χ1n) is 11.4. The van der Waals surface area contributed by atoms with E-state index in [2.05, 4.69) is 34.3 Å². The summed E-state index contributed by atoms with van der Waals surface area (Å²) in [6.45, 7) is 8.44. The largest absolute Gasteiger partial charge is 0.497 e. The van der Waals surface area contributed by atoms with Gasteiger partial charge in [0.2, 0.25) is 0 Å². The van der Waals surface area contributed by atoms with E-state index in [0.717, 1.165) is 37.6 Å². The Balaban J connectivity index is 1.62. The Morgan fingerprint density at radius 1 is 0.909 bits per heavy atom. The molecule has 7 nitrogen and oxygen atoms in total. The zero-order valence-electron chi connectivity index (χ0n) is 19.8. The molecule has 2 heterocycles. The highest BCUT2D eigenvalue weighted by molar-refractivity contribution is 6.36. The van der Waals surface area contributed by atoms with Gasteiger partial charge >= 0.3 is 0 Å². The molecule has 0 spiro atoms. The number of carbonyl (C=O) groups is 2. The number of methoxy groups -OCH3 is 1. The van der Waals surface area contributed by atoms with E-state index in [-0.39, 0.29) is 17.7 Å². The second-order valence-electron chi connectivity index (χ2n) is 9.06. The maximum atomic E-state index is 13.3. The van der Waals surface area contributed by atoms with Crippen LogP contribution in [0.5, 0.6) is 5.75 Å². The highest BCUT2D eigenvalue weighted by Crippen LogP contribution is 2.32. The molecule has 2 aromatic rings. The second kappa shape index (κ2) is 9.67. The molecule has 4 rings (SSSR count). The fraction of sp³-hybridized carbons (Fsp3) is 0.385. The Bertz CT molecular complexity index is 1040. The van der Waals surface area contributed by atoms with Crippen LogP contribution in [0.3, 0.4) is 0 Å². The predicted octanol–water partition coefficient (Wildman–Crippen LogP) is 3.30. The van der Waals surface area contributed by atoms with E-state index < -0.39 is 0 Å². The standard InChI is InChI=1S/C26H32N4O3/c1-18(2)17-30-25(31)23(19-5-11-22(33-4)12-6-19)24(26(30)32)27-20-7-9-21(10-8-20)29-15-13-28(3)14-16-29/h5-12,18,27H,13-17H2,1-4H3. The van der Waals surface area contributed by atoms with Gasteiger partial charge in [-0.15, -0.1) is 0 Å². The Hall–Kier alpha value is -3.32. The van der Waals surface area contributed by atoms with Gasteiger partial charge in [-0.25, -0.2) is 0 Å². The summed E-state index contributed by atoms with van der Waals surface area (Å²) in [4.78, 5) is 32.5. The quantitative estimate of drug-likeness (QED) is 0.656. The molecular formula is C26H32N4O3. The van der Waals surface area contributed by atoms with Crippen LogP contribution in [-0.4, -0.2) is 68.5 Å². The SMILES string of the molecule is COc1ccc(C2=C(Nc3ccc(N4CCN(C)CC4)cc3)C(=O)N(CC(C)C)C2=O)cc1. The van der Waals surface area contributed by atoms with Gasteiger partial charge in [0.1, 0.15) is 11.4 Å². The number of hydrogen-bond donors (Lipinski definition) is 1. The minimum Gasteiger partial charge on any atom is -0.497 e. The lowest BCUT2D eigenvalue weighted by Crippen LogP contribution is -2.44. The van der Waals surface area contributed by atoms with E-state index in [1.165, 1.54) is 4.90 Å². The van der Waals surface area contributed by atoms with Crippen molar-refractivity contribution in [3.05, 3.63) is 59.8 Å². The smallest absolute Gasteiger partial charge is 0.278 e. The number of rotatable bonds is 7. The van der Waals surface area contributed by atoms with Crippen molar-refractivity contribution in [1.29, 1.82) is 0 Å². The van der Waals surface area contributed by atoms with E-state index >= 15 is 0 Å². The van der Waals surface area contributed by atoms with Crippen molar-refractivity contribution in [3.8, 4) is 5.75 Å². The highest BCUT2D eigenvalue weighted by Gasteiger charge is 2.39. The molecule has 0 radical (unpaired) electrons. The molecule has 174 valence electrons. The molecular weight excluding hydrogens is 416 g/mol. The third kappa shape index (κ3) is 4.88. The van der Waals surface area contributed by atoms with Gasteiger partial charge in [-0.2, -0.15) is 0 Å². The summed E-state index contributed by atoms with van der Waals surface area (Å²) in [5.41, 5.74) is 3.34. The van der Waals surface area contributed by atoms with Crippen LogP contribution in [0.2, 0.25) is 0 Å². The number of likely N-dealkylation sites (N-methyl/N-ethyl adjacent to an activating group) is 1. The number of ether oxygens (including phenoxy) is 1. The van der Waals surface area contributed by atoms with Gasteiger partial charge in [0.05, 0.1) is 12.7 Å². The minimum atomic E-state index is -0.289. The Kier molecular flexibility index (Phi) is 6.70. The molecule has 2 amide bonds. The van der Waals surface area contributed by atoms with Gasteiger partial charge in [0.25, 0.3) is 11.8 Å². The second-order valence-corrected chi connectivity index (χ2v) is 9.06. The first-order valence-corrected chi connectivity index (χ1v) is 11.4. The number of hydrogen-bond acceptors (Lipinski definition) is 6. The van der Waals surface area contributed by atoms with Crippen LogP contribution < -0.4 is 15.0 Å². The summed E-state index contributed by atoms with van der Waals surface area (Å²) >= 11 is 0. The molecule has 0 bridgehead atoms. The van der Waals surface area contributed by atoms with Gasteiger partial charge in [-0.1, -0.05) is 26.0 Å². The summed E-state index contributed by atoms with van der Waals surface area (Å²) in [6.07, 6.45) is 0. The lowest BCUT2D eigenvalue weighted by Gasteiger charge is -2.34. The van der Waals surface area contributed by atoms with Crippen LogP contribution in [-0.2, 0) is 9.59 Å². The zero-order valence-corrected chi connectivity index (χ0v) is 19.8. The van der Waals surface area contributed by atoms with Crippen LogP contribution in [0.15, 0.2) is 54.2 Å². The molecule has 1 N–H and O–H groups in total. The summed E-state index contributed by atoms with van der Waals surface area (Å²) in [7, 11) is 3.74. The fourth-order valence-corrected chi connectivity index (χ4v) is 4.21. The molecule has 1 fully saturated rings. The number of imide groups is 1. The van der Waals surface area contributed by atoms with Crippen LogP contribution >= 0.6 is 0 Å². The monoisotopic (exact) mass is 448 g/mol. The summed E-state index contributed by atoms with van der Waals surface area (Å²) in [5, 5.41) is 3.25. The topological polar surface area (TPSA) is 65.1 Å². The normalized spacial score (nSPS) is 17.4. The molecule has 2 aliphatic rings. The molecule has 1 saturated heterocycles. The van der Waals surface area contributed by atoms with Crippen LogP contribution in [0.1, 0.15) is 19.4 Å². The van der Waals surface area contributed by atoms with Gasteiger partial charge in [-0.3, -0.25) is 14.5 Å². The van der Waals surface area contributed by atoms with Crippen molar-refractivity contribution in [2.75, 3.05) is 57.1 Å². The van der Waals surface area contributed by atoms with Gasteiger partial charge in [0.15, 0.2) is 0 Å². The van der Waals surface area contributed by atoms with Crippen molar-refractivity contribution in [2.45, 2.75) is 13.8 Å². The van der Waals surface area contributed by atoms with Crippen LogP contribution in [0, 0.1) is 5.92 Å². The average molecular weight is 449 g/mol. The Morgan fingerprint density at radius 2 is 1.55 bits per heavy atom. The van der Waals surface area contributed by atoms with Crippen molar-refractivity contribution < 1.29 is 14.3 Å². The van der Waals surface area contributed by atoms with E-state index in [9.17, 15) is 9.59 Å². The van der Waals surface area contributed by atoms with Crippen molar-refractivity contribution in [3.63, 3.8) is 0 Å². The summed E-state index contributed by atoms with van der Waals surface area (Å²) in [6, 6.07) is 15.3. The third-order valence-electron chi connectivity index (χ3n) is 6.10. The van der Waals surface area contributed by atoms with Gasteiger partial charge in [-0.05, 0) is 54.9 Å². The highest BCUT2D eigenvalue weighted by atomic mass is 16.5. The van der Waals surface area contributed by atoms with Gasteiger partial charge in [0, 0.05) is 44.1 Å². The molecule has 0 atom stereocenters.